The van der Waals surface area contributed by atoms with Gasteiger partial charge in [0.15, 0.2) is 0 Å². The first-order valence-electron chi connectivity index (χ1n) is 4.31. The van der Waals surface area contributed by atoms with Crippen LogP contribution in [0, 0.1) is 0 Å². The highest BCUT2D eigenvalue weighted by molar-refractivity contribution is 4.41. The lowest BCUT2D eigenvalue weighted by atomic mass is 10.3. The summed E-state index contributed by atoms with van der Waals surface area (Å²) >= 11 is 0. The summed E-state index contributed by atoms with van der Waals surface area (Å²) in [4.78, 5) is 0. The van der Waals surface area contributed by atoms with Gasteiger partial charge in [-0.2, -0.15) is 5.43 Å². The van der Waals surface area contributed by atoms with E-state index in [0.29, 0.717) is 0 Å². The summed E-state index contributed by atoms with van der Waals surface area (Å²) in [5, 5.41) is 0. The summed E-state index contributed by atoms with van der Waals surface area (Å²) in [5.74, 6) is 0. The highest BCUT2D eigenvalue weighted by atomic mass is 15.3. The van der Waals surface area contributed by atoms with Crippen molar-refractivity contribution in [1.82, 2.24) is 10.9 Å². The Balaban J connectivity index is 2.65. The van der Waals surface area contributed by atoms with Crippen LogP contribution in [-0.4, -0.2) is 13.1 Å². The Bertz CT molecular complexity index is 47.2. The molecule has 0 aliphatic heterocycles. The highest BCUT2D eigenvalue weighted by Crippen LogP contribution is 1.83. The van der Waals surface area contributed by atoms with Gasteiger partial charge in [-0.15, -0.1) is 0 Å². The molecular weight excluding hydrogens is 124 g/mol. The summed E-state index contributed by atoms with van der Waals surface area (Å²) in [6, 6.07) is 0. The third-order valence-electron chi connectivity index (χ3n) is 1.38. The minimum absolute atomic E-state index is 0.972. The van der Waals surface area contributed by atoms with Crippen molar-refractivity contribution >= 4 is 0 Å². The average Bonchev–Trinajstić information content (AvgIpc) is 1.97. The molecule has 0 saturated heterocycles. The summed E-state index contributed by atoms with van der Waals surface area (Å²) in [6.07, 6.45) is 4.92. The first-order chi connectivity index (χ1) is 4.91. The van der Waals surface area contributed by atoms with Gasteiger partial charge < -0.3 is 0 Å². The lowest BCUT2D eigenvalue weighted by molar-refractivity contribution is 0.495. The Kier molecular flexibility index (Phi) is 8.85. The van der Waals surface area contributed by atoms with E-state index in [4.69, 9.17) is 0 Å². The topological polar surface area (TPSA) is 26.1 Å². The van der Waals surface area contributed by atoms with Crippen molar-refractivity contribution < 1.29 is 0 Å². The Hall–Kier alpha value is -0.0800. The fourth-order valence-electron chi connectivity index (χ4n) is 0.651. The zero-order valence-electron chi connectivity index (χ0n) is 7.19. The van der Waals surface area contributed by atoms with Gasteiger partial charge in [-0.05, 0) is 12.8 Å². The molecule has 0 bridgehead atoms. The molecule has 0 unspecified atom stereocenters. The van der Waals surface area contributed by atoms with Crippen LogP contribution in [-0.2, 0) is 0 Å². The monoisotopic (exact) mass is 143 g/mol. The third kappa shape index (κ3) is 7.92. The summed E-state index contributed by atoms with van der Waals surface area (Å²) < 4.78 is 0. The van der Waals surface area contributed by atoms with Gasteiger partial charge in [0.25, 0.3) is 0 Å². The Labute approximate surface area is 64.4 Å². The van der Waals surface area contributed by atoms with Crippen molar-refractivity contribution in [1.29, 1.82) is 0 Å². The molecule has 2 heteroatoms. The zero-order chi connectivity index (χ0) is 7.66. The molecular formula is C8H19N2. The van der Waals surface area contributed by atoms with Gasteiger partial charge >= 0.3 is 0 Å². The smallest absolute Gasteiger partial charge is 0.0304 e. The second kappa shape index (κ2) is 8.92. The van der Waals surface area contributed by atoms with E-state index in [0.717, 1.165) is 13.1 Å². The molecule has 10 heavy (non-hydrogen) atoms. The number of hydrogen-bond acceptors (Lipinski definition) is 1. The molecule has 0 atom stereocenters. The normalized spacial score (nSPS) is 10.2. The molecule has 1 radical (unpaired) electrons. The lowest BCUT2D eigenvalue weighted by Gasteiger charge is -2.01. The molecule has 0 aromatic carbocycles. The molecule has 1 N–H and O–H groups in total. The van der Waals surface area contributed by atoms with Gasteiger partial charge in [0.05, 0.1) is 0 Å². The predicted octanol–water partition coefficient (Wildman–Crippen LogP) is 1.70. The van der Waals surface area contributed by atoms with Crippen LogP contribution < -0.4 is 10.9 Å². The fraction of sp³-hybridized carbons (Fsp3) is 1.00. The fourth-order valence-corrected chi connectivity index (χ4v) is 0.651. The molecule has 0 saturated carbocycles. The van der Waals surface area contributed by atoms with E-state index in [1.807, 2.05) is 0 Å². The van der Waals surface area contributed by atoms with Crippen LogP contribution in [0.2, 0.25) is 0 Å². The van der Waals surface area contributed by atoms with Crippen molar-refractivity contribution in [3.63, 3.8) is 0 Å². The van der Waals surface area contributed by atoms with Gasteiger partial charge in [0.2, 0.25) is 0 Å². The van der Waals surface area contributed by atoms with Crippen LogP contribution in [0.1, 0.15) is 39.5 Å². The molecule has 0 spiro atoms. The molecule has 2 nitrogen and oxygen atoms in total. The second-order valence-corrected chi connectivity index (χ2v) is 2.50. The van der Waals surface area contributed by atoms with E-state index < -0.39 is 0 Å². The molecule has 0 rings (SSSR count). The standard InChI is InChI=1S/C8H19N2/c1-3-5-7-9-10-8-6-4-2/h9H,3-8H2,1-2H3. The van der Waals surface area contributed by atoms with E-state index in [1.165, 1.54) is 25.7 Å². The average molecular weight is 143 g/mol. The van der Waals surface area contributed by atoms with Gasteiger partial charge in [-0.25, -0.2) is 5.43 Å². The molecule has 0 aromatic heterocycles. The molecule has 0 heterocycles. The third-order valence-corrected chi connectivity index (χ3v) is 1.38. The van der Waals surface area contributed by atoms with Crippen molar-refractivity contribution in [2.45, 2.75) is 39.5 Å². The molecule has 61 valence electrons. The van der Waals surface area contributed by atoms with Crippen molar-refractivity contribution in [2.75, 3.05) is 13.1 Å². The summed E-state index contributed by atoms with van der Waals surface area (Å²) in [6.45, 7) is 6.38. The predicted molar refractivity (Wildman–Crippen MR) is 44.8 cm³/mol. The largest absolute Gasteiger partial charge is 0.240 e. The first-order valence-corrected chi connectivity index (χ1v) is 4.31. The molecule has 0 aliphatic rings. The maximum Gasteiger partial charge on any atom is 0.0304 e. The zero-order valence-corrected chi connectivity index (χ0v) is 7.19. The van der Waals surface area contributed by atoms with Gasteiger partial charge in [0.1, 0.15) is 0 Å². The Morgan fingerprint density at radius 1 is 1.10 bits per heavy atom. The first kappa shape index (κ1) is 9.92. The lowest BCUT2D eigenvalue weighted by Crippen LogP contribution is -2.26. The summed E-state index contributed by atoms with van der Waals surface area (Å²) in [5.41, 5.74) is 7.19. The molecule has 0 fully saturated rings. The number of nitrogens with zero attached hydrogens (tertiary/aromatic N) is 1. The minimum Gasteiger partial charge on any atom is -0.240 e. The number of rotatable bonds is 7. The minimum atomic E-state index is 0.972. The number of unbranched alkanes of at least 4 members (excludes halogenated alkanes) is 2. The van der Waals surface area contributed by atoms with Crippen LogP contribution in [0.3, 0.4) is 0 Å². The quantitative estimate of drug-likeness (QED) is 0.426. The van der Waals surface area contributed by atoms with E-state index in [2.05, 4.69) is 24.7 Å². The van der Waals surface area contributed by atoms with Crippen LogP contribution >= 0.6 is 0 Å². The number of hydrogen-bond donors (Lipinski definition) is 1. The molecule has 0 amide bonds. The second-order valence-electron chi connectivity index (χ2n) is 2.50. The van der Waals surface area contributed by atoms with Crippen LogP contribution in [0.15, 0.2) is 0 Å². The maximum atomic E-state index is 4.15. The van der Waals surface area contributed by atoms with Gasteiger partial charge in [0, 0.05) is 13.1 Å². The highest BCUT2D eigenvalue weighted by Gasteiger charge is 1.85. The van der Waals surface area contributed by atoms with Crippen LogP contribution in [0.5, 0.6) is 0 Å². The Morgan fingerprint density at radius 3 is 2.40 bits per heavy atom. The Morgan fingerprint density at radius 2 is 1.80 bits per heavy atom. The van der Waals surface area contributed by atoms with Crippen molar-refractivity contribution in [3.05, 3.63) is 0 Å². The maximum absolute atomic E-state index is 4.15. The van der Waals surface area contributed by atoms with Crippen molar-refractivity contribution in [2.24, 2.45) is 0 Å². The molecule has 0 aliphatic carbocycles. The van der Waals surface area contributed by atoms with Crippen molar-refractivity contribution in [3.8, 4) is 0 Å². The summed E-state index contributed by atoms with van der Waals surface area (Å²) in [7, 11) is 0. The van der Waals surface area contributed by atoms with E-state index in [-0.39, 0.29) is 0 Å². The van der Waals surface area contributed by atoms with E-state index >= 15 is 0 Å². The van der Waals surface area contributed by atoms with Gasteiger partial charge in [-0.3, -0.25) is 0 Å². The number of nitrogens with one attached hydrogen (secondary N) is 1. The van der Waals surface area contributed by atoms with E-state index in [9.17, 15) is 0 Å². The van der Waals surface area contributed by atoms with Crippen LogP contribution in [0.25, 0.3) is 0 Å². The molecule has 0 aromatic rings. The van der Waals surface area contributed by atoms with Gasteiger partial charge in [-0.1, -0.05) is 26.7 Å². The SMILES string of the molecule is CCCC[N]NCCCC. The van der Waals surface area contributed by atoms with Crippen LogP contribution in [0.4, 0.5) is 0 Å². The van der Waals surface area contributed by atoms with E-state index in [1.54, 1.807) is 0 Å².